The molecule has 0 spiro atoms. The van der Waals surface area contributed by atoms with E-state index in [1.807, 2.05) is 62.4 Å². The molecule has 37 heavy (non-hydrogen) atoms. The third kappa shape index (κ3) is 5.21. The number of amides is 1. The summed E-state index contributed by atoms with van der Waals surface area (Å²) in [7, 11) is 0. The number of aryl methyl sites for hydroxylation is 2. The summed E-state index contributed by atoms with van der Waals surface area (Å²) in [5.74, 6) is 0.634. The van der Waals surface area contributed by atoms with Gasteiger partial charge in [0, 0.05) is 17.7 Å². The molecule has 4 aromatic rings. The van der Waals surface area contributed by atoms with Crippen molar-refractivity contribution in [2.24, 2.45) is 4.99 Å². The van der Waals surface area contributed by atoms with Gasteiger partial charge in [0.25, 0.3) is 11.6 Å². The molecule has 0 bridgehead atoms. The number of nitro groups is 1. The number of carbonyl (C=O) groups is 1. The fraction of sp³-hybridized carbons (Fsp3) is 0.0714. The lowest BCUT2D eigenvalue weighted by molar-refractivity contribution is -0.384. The number of nitro benzene ring substituents is 1. The second-order valence-corrected chi connectivity index (χ2v) is 9.86. The van der Waals surface area contributed by atoms with Crippen LogP contribution in [-0.4, -0.2) is 16.0 Å². The molecule has 1 saturated heterocycles. The number of aliphatic imine (C=N–C) groups is 1. The molecule has 0 atom stereocenters. The van der Waals surface area contributed by atoms with Gasteiger partial charge in [-0.25, -0.2) is 4.99 Å². The van der Waals surface area contributed by atoms with E-state index in [9.17, 15) is 14.9 Å². The Morgan fingerprint density at radius 3 is 2.32 bits per heavy atom. The average Bonchev–Trinajstić information content (AvgIpc) is 3.46. The van der Waals surface area contributed by atoms with E-state index in [2.05, 4.69) is 0 Å². The monoisotopic (exact) mass is 529 g/mol. The lowest BCUT2D eigenvalue weighted by Gasteiger charge is -2.16. The van der Waals surface area contributed by atoms with Gasteiger partial charge in [-0.1, -0.05) is 47.0 Å². The van der Waals surface area contributed by atoms with Crippen LogP contribution in [0.3, 0.4) is 0 Å². The molecule has 184 valence electrons. The van der Waals surface area contributed by atoms with Gasteiger partial charge in [0.15, 0.2) is 5.17 Å². The number of thioether (sulfide) groups is 1. The summed E-state index contributed by atoms with van der Waals surface area (Å²) >= 11 is 7.18. The minimum atomic E-state index is -0.542. The minimum Gasteiger partial charge on any atom is -0.457 e. The predicted molar refractivity (Wildman–Crippen MR) is 148 cm³/mol. The SMILES string of the molecule is Cc1ccc(N=C2S/C(=C/c3ccc(-c4ccc(Cl)c([N+](=O)[O-])c4)o3)C(=O)N2c2ccc(C)cc2)cc1. The predicted octanol–water partition coefficient (Wildman–Crippen LogP) is 7.93. The number of halogens is 1. The van der Waals surface area contributed by atoms with E-state index in [0.29, 0.717) is 32.8 Å². The fourth-order valence-electron chi connectivity index (χ4n) is 3.72. The highest BCUT2D eigenvalue weighted by molar-refractivity contribution is 8.19. The first-order valence-corrected chi connectivity index (χ1v) is 12.5. The van der Waals surface area contributed by atoms with Gasteiger partial charge in [0.1, 0.15) is 16.5 Å². The van der Waals surface area contributed by atoms with E-state index in [4.69, 9.17) is 21.0 Å². The zero-order chi connectivity index (χ0) is 26.1. The van der Waals surface area contributed by atoms with E-state index in [0.717, 1.165) is 16.8 Å². The molecule has 0 radical (unpaired) electrons. The Labute approximate surface area is 222 Å². The Morgan fingerprint density at radius 1 is 0.973 bits per heavy atom. The van der Waals surface area contributed by atoms with Gasteiger partial charge < -0.3 is 4.42 Å². The molecule has 5 rings (SSSR count). The molecule has 1 amide bonds. The van der Waals surface area contributed by atoms with Gasteiger partial charge >= 0.3 is 0 Å². The largest absolute Gasteiger partial charge is 0.457 e. The first kappa shape index (κ1) is 24.5. The summed E-state index contributed by atoms with van der Waals surface area (Å²) in [6, 6.07) is 23.3. The molecule has 1 aromatic heterocycles. The summed E-state index contributed by atoms with van der Waals surface area (Å²) in [5, 5.41) is 11.8. The van der Waals surface area contributed by atoms with Crippen LogP contribution in [0.1, 0.15) is 16.9 Å². The highest BCUT2D eigenvalue weighted by Gasteiger charge is 2.35. The standard InChI is InChI=1S/C28H20ClN3O4S/c1-17-3-8-20(9-4-17)30-28-31(21-10-5-18(2)6-11-21)27(33)26(37-28)16-22-12-14-25(36-22)19-7-13-23(29)24(15-19)32(34)35/h3-16H,1-2H3/b26-16+,30-28?. The molecule has 9 heteroatoms. The van der Waals surface area contributed by atoms with Gasteiger partial charge in [0.05, 0.1) is 21.2 Å². The van der Waals surface area contributed by atoms with Crippen molar-refractivity contribution in [3.05, 3.63) is 116 Å². The maximum atomic E-state index is 13.5. The second kappa shape index (κ2) is 10.1. The minimum absolute atomic E-state index is 0.0483. The summed E-state index contributed by atoms with van der Waals surface area (Å²) in [6.45, 7) is 3.99. The maximum Gasteiger partial charge on any atom is 0.288 e. The number of furan rings is 1. The van der Waals surface area contributed by atoms with Crippen molar-refractivity contribution >= 4 is 57.6 Å². The Kier molecular flexibility index (Phi) is 6.69. The number of rotatable bonds is 5. The number of carbonyl (C=O) groups excluding carboxylic acids is 1. The summed E-state index contributed by atoms with van der Waals surface area (Å²) in [5.41, 5.74) is 3.96. The third-order valence-corrected chi connectivity index (χ3v) is 6.97. The molecule has 7 nitrogen and oxygen atoms in total. The smallest absolute Gasteiger partial charge is 0.288 e. The number of amidine groups is 1. The van der Waals surface area contributed by atoms with Crippen LogP contribution in [0.4, 0.5) is 17.1 Å². The van der Waals surface area contributed by atoms with Crippen molar-refractivity contribution < 1.29 is 14.1 Å². The van der Waals surface area contributed by atoms with Crippen LogP contribution in [0.5, 0.6) is 0 Å². The topological polar surface area (TPSA) is 89.0 Å². The summed E-state index contributed by atoms with van der Waals surface area (Å²) in [6.07, 6.45) is 1.65. The lowest BCUT2D eigenvalue weighted by atomic mass is 10.1. The Hall–Kier alpha value is -4.14. The molecule has 2 heterocycles. The van der Waals surface area contributed by atoms with Crippen LogP contribution in [-0.2, 0) is 4.79 Å². The Morgan fingerprint density at radius 2 is 1.65 bits per heavy atom. The molecule has 0 N–H and O–H groups in total. The van der Waals surface area contributed by atoms with Gasteiger partial charge in [-0.2, -0.15) is 0 Å². The Bertz CT molecular complexity index is 1570. The lowest BCUT2D eigenvalue weighted by Crippen LogP contribution is -2.28. The highest BCUT2D eigenvalue weighted by Crippen LogP contribution is 2.38. The number of hydrogen-bond donors (Lipinski definition) is 0. The second-order valence-electron chi connectivity index (χ2n) is 8.44. The first-order chi connectivity index (χ1) is 17.8. The molecule has 0 aliphatic carbocycles. The summed E-state index contributed by atoms with van der Waals surface area (Å²) < 4.78 is 5.91. The van der Waals surface area contributed by atoms with Crippen LogP contribution in [0.2, 0.25) is 5.02 Å². The van der Waals surface area contributed by atoms with Crippen molar-refractivity contribution in [3.63, 3.8) is 0 Å². The van der Waals surface area contributed by atoms with Gasteiger partial charge in [-0.05, 0) is 74.1 Å². The van der Waals surface area contributed by atoms with Crippen LogP contribution in [0.25, 0.3) is 17.4 Å². The molecule has 0 saturated carbocycles. The van der Waals surface area contributed by atoms with Crippen molar-refractivity contribution in [1.82, 2.24) is 0 Å². The van der Waals surface area contributed by atoms with E-state index >= 15 is 0 Å². The number of benzene rings is 3. The number of anilines is 1. The molecule has 0 unspecified atom stereocenters. The normalized spacial score (nSPS) is 15.6. The quantitative estimate of drug-likeness (QED) is 0.149. The highest BCUT2D eigenvalue weighted by atomic mass is 35.5. The maximum absolute atomic E-state index is 13.5. The summed E-state index contributed by atoms with van der Waals surface area (Å²) in [4.78, 5) is 31.0. The first-order valence-electron chi connectivity index (χ1n) is 11.3. The van der Waals surface area contributed by atoms with Crippen molar-refractivity contribution in [2.45, 2.75) is 13.8 Å². The van der Waals surface area contributed by atoms with Gasteiger partial charge in [-0.15, -0.1) is 0 Å². The van der Waals surface area contributed by atoms with Crippen molar-refractivity contribution in [3.8, 4) is 11.3 Å². The fourth-order valence-corrected chi connectivity index (χ4v) is 4.89. The Balaban J connectivity index is 1.50. The number of nitrogens with zero attached hydrogens (tertiary/aromatic N) is 3. The zero-order valence-electron chi connectivity index (χ0n) is 19.8. The molecule has 3 aromatic carbocycles. The third-order valence-electron chi connectivity index (χ3n) is 5.68. The van der Waals surface area contributed by atoms with E-state index in [-0.39, 0.29) is 16.6 Å². The van der Waals surface area contributed by atoms with E-state index < -0.39 is 4.92 Å². The average molecular weight is 530 g/mol. The van der Waals surface area contributed by atoms with E-state index in [1.165, 1.54) is 23.9 Å². The van der Waals surface area contributed by atoms with Crippen molar-refractivity contribution in [2.75, 3.05) is 4.90 Å². The molecule has 1 aliphatic rings. The molecule has 1 fully saturated rings. The number of hydrogen-bond acceptors (Lipinski definition) is 6. The van der Waals surface area contributed by atoms with Crippen LogP contribution >= 0.6 is 23.4 Å². The van der Waals surface area contributed by atoms with Crippen LogP contribution < -0.4 is 4.90 Å². The van der Waals surface area contributed by atoms with Crippen LogP contribution in [0.15, 0.2) is 93.2 Å². The molecular weight excluding hydrogens is 510 g/mol. The van der Waals surface area contributed by atoms with Crippen LogP contribution in [0, 0.1) is 24.0 Å². The molecular formula is C28H20ClN3O4S. The van der Waals surface area contributed by atoms with Gasteiger partial charge in [-0.3, -0.25) is 19.8 Å². The van der Waals surface area contributed by atoms with Crippen molar-refractivity contribution in [1.29, 1.82) is 0 Å². The van der Waals surface area contributed by atoms with Gasteiger partial charge in [0.2, 0.25) is 0 Å². The zero-order valence-corrected chi connectivity index (χ0v) is 21.4. The molecule has 1 aliphatic heterocycles. The van der Waals surface area contributed by atoms with E-state index in [1.54, 1.807) is 29.2 Å².